The van der Waals surface area contributed by atoms with Gasteiger partial charge in [-0.05, 0) is 23.9 Å². The van der Waals surface area contributed by atoms with Gasteiger partial charge in [0.25, 0.3) is 0 Å². The van der Waals surface area contributed by atoms with Gasteiger partial charge in [0.15, 0.2) is 5.78 Å². The van der Waals surface area contributed by atoms with Crippen molar-refractivity contribution < 1.29 is 14.3 Å². The van der Waals surface area contributed by atoms with Gasteiger partial charge >= 0.3 is 5.97 Å². The maximum atomic E-state index is 12.2. The molecular weight excluding hydrogens is 302 g/mol. The van der Waals surface area contributed by atoms with Gasteiger partial charge in [-0.15, -0.1) is 0 Å². The van der Waals surface area contributed by atoms with Crippen LogP contribution < -0.4 is 4.90 Å². The molecule has 1 saturated heterocycles. The monoisotopic (exact) mass is 317 g/mol. The molecular formula is C17H16ClNO3. The number of hydrogen-bond donors (Lipinski definition) is 0. The summed E-state index contributed by atoms with van der Waals surface area (Å²) in [5.41, 5.74) is 0.930. The average Bonchev–Trinajstić information content (AvgIpc) is 2.54. The van der Waals surface area contributed by atoms with Gasteiger partial charge in [-0.1, -0.05) is 35.9 Å². The number of piperidine rings is 1. The second-order valence-corrected chi connectivity index (χ2v) is 5.77. The summed E-state index contributed by atoms with van der Waals surface area (Å²) >= 11 is 6.33. The number of methoxy groups -OCH3 is 1. The fourth-order valence-corrected chi connectivity index (χ4v) is 3.24. The molecule has 5 heteroatoms. The molecule has 0 aliphatic carbocycles. The van der Waals surface area contributed by atoms with Crippen molar-refractivity contribution in [1.29, 1.82) is 0 Å². The fraction of sp³-hybridized carbons (Fsp3) is 0.294. The van der Waals surface area contributed by atoms with E-state index in [1.165, 1.54) is 7.11 Å². The Kier molecular flexibility index (Phi) is 4.03. The standard InChI is InChI=1S/C17H16ClNO3/c1-22-17(21)12-8-9-19(10-15(12)20)14-7-3-5-11-4-2-6-13(18)16(11)14/h2-7,12H,8-10H2,1H3. The molecule has 0 bridgehead atoms. The summed E-state index contributed by atoms with van der Waals surface area (Å²) in [5.74, 6) is -1.20. The predicted octanol–water partition coefficient (Wildman–Crippen LogP) is 3.06. The van der Waals surface area contributed by atoms with Gasteiger partial charge in [-0.3, -0.25) is 9.59 Å². The number of benzene rings is 2. The van der Waals surface area contributed by atoms with Crippen LogP contribution in [0.2, 0.25) is 5.02 Å². The highest BCUT2D eigenvalue weighted by molar-refractivity contribution is 6.36. The lowest BCUT2D eigenvalue weighted by molar-refractivity contribution is -0.149. The summed E-state index contributed by atoms with van der Waals surface area (Å²) < 4.78 is 4.69. The Balaban J connectivity index is 1.94. The maximum Gasteiger partial charge on any atom is 0.316 e. The lowest BCUT2D eigenvalue weighted by atomic mass is 9.94. The summed E-state index contributed by atoms with van der Waals surface area (Å²) in [6.07, 6.45) is 0.465. The summed E-state index contributed by atoms with van der Waals surface area (Å²) in [5, 5.41) is 2.64. The molecule has 1 unspecified atom stereocenters. The van der Waals surface area contributed by atoms with Crippen LogP contribution in [0, 0.1) is 5.92 Å². The number of rotatable bonds is 2. The first-order chi connectivity index (χ1) is 10.6. The van der Waals surface area contributed by atoms with E-state index in [-0.39, 0.29) is 12.3 Å². The Bertz CT molecular complexity index is 739. The van der Waals surface area contributed by atoms with E-state index in [1.54, 1.807) is 0 Å². The molecule has 1 heterocycles. The first kappa shape index (κ1) is 14.9. The zero-order valence-electron chi connectivity index (χ0n) is 12.2. The van der Waals surface area contributed by atoms with Crippen LogP contribution in [0.1, 0.15) is 6.42 Å². The molecule has 0 N–H and O–H groups in total. The number of hydrogen-bond acceptors (Lipinski definition) is 4. The molecule has 2 aromatic rings. The van der Waals surface area contributed by atoms with E-state index in [0.717, 1.165) is 16.5 Å². The van der Waals surface area contributed by atoms with E-state index in [9.17, 15) is 9.59 Å². The summed E-state index contributed by atoms with van der Waals surface area (Å²) in [4.78, 5) is 25.8. The Morgan fingerprint density at radius 3 is 2.68 bits per heavy atom. The number of fused-ring (bicyclic) bond motifs is 1. The molecule has 1 atom stereocenters. The smallest absolute Gasteiger partial charge is 0.316 e. The summed E-state index contributed by atoms with van der Waals surface area (Å²) in [7, 11) is 1.31. The van der Waals surface area contributed by atoms with Gasteiger partial charge in [0.05, 0.1) is 18.7 Å². The Morgan fingerprint density at radius 1 is 1.27 bits per heavy atom. The van der Waals surface area contributed by atoms with Gasteiger partial charge in [0.2, 0.25) is 0 Å². The number of carbonyl (C=O) groups is 2. The van der Waals surface area contributed by atoms with E-state index in [0.29, 0.717) is 18.0 Å². The molecule has 2 aromatic carbocycles. The number of ketones is 1. The average molecular weight is 318 g/mol. The molecule has 0 radical (unpaired) electrons. The van der Waals surface area contributed by atoms with Crippen molar-refractivity contribution in [3.63, 3.8) is 0 Å². The van der Waals surface area contributed by atoms with Crippen molar-refractivity contribution in [2.24, 2.45) is 5.92 Å². The van der Waals surface area contributed by atoms with Crippen LogP contribution >= 0.6 is 11.6 Å². The van der Waals surface area contributed by atoms with Crippen LogP contribution in [0.3, 0.4) is 0 Å². The molecule has 114 valence electrons. The minimum Gasteiger partial charge on any atom is -0.468 e. The van der Waals surface area contributed by atoms with Crippen molar-refractivity contribution in [2.75, 3.05) is 25.1 Å². The number of halogens is 1. The first-order valence-corrected chi connectivity index (χ1v) is 7.52. The number of esters is 1. The molecule has 1 fully saturated rings. The lowest BCUT2D eigenvalue weighted by Gasteiger charge is -2.32. The van der Waals surface area contributed by atoms with Crippen LogP contribution in [0.25, 0.3) is 10.8 Å². The van der Waals surface area contributed by atoms with E-state index in [4.69, 9.17) is 16.3 Å². The second-order valence-electron chi connectivity index (χ2n) is 5.37. The predicted molar refractivity (Wildman–Crippen MR) is 86.3 cm³/mol. The Labute approximate surface area is 133 Å². The van der Waals surface area contributed by atoms with Crippen LogP contribution in [-0.4, -0.2) is 32.0 Å². The third-order valence-corrected chi connectivity index (χ3v) is 4.40. The van der Waals surface area contributed by atoms with Gasteiger partial charge < -0.3 is 9.64 Å². The first-order valence-electron chi connectivity index (χ1n) is 7.14. The van der Waals surface area contributed by atoms with Gasteiger partial charge in [-0.25, -0.2) is 0 Å². The van der Waals surface area contributed by atoms with E-state index < -0.39 is 11.9 Å². The van der Waals surface area contributed by atoms with Crippen LogP contribution in [0.4, 0.5) is 5.69 Å². The van der Waals surface area contributed by atoms with Crippen molar-refractivity contribution in [1.82, 2.24) is 0 Å². The Hall–Kier alpha value is -2.07. The van der Waals surface area contributed by atoms with Crippen LogP contribution in [0.5, 0.6) is 0 Å². The third kappa shape index (κ3) is 2.55. The van der Waals surface area contributed by atoms with Crippen LogP contribution in [0.15, 0.2) is 36.4 Å². The highest BCUT2D eigenvalue weighted by Crippen LogP contribution is 2.34. The highest BCUT2D eigenvalue weighted by Gasteiger charge is 2.33. The number of Topliss-reactive ketones (excluding diaryl/α,β-unsaturated/α-hetero) is 1. The van der Waals surface area contributed by atoms with E-state index >= 15 is 0 Å². The summed E-state index contributed by atoms with van der Waals surface area (Å²) in [6.45, 7) is 0.819. The zero-order valence-corrected chi connectivity index (χ0v) is 13.0. The topological polar surface area (TPSA) is 46.6 Å². The Morgan fingerprint density at radius 2 is 2.00 bits per heavy atom. The fourth-order valence-electron chi connectivity index (χ4n) is 2.96. The van der Waals surface area contributed by atoms with E-state index in [2.05, 4.69) is 0 Å². The van der Waals surface area contributed by atoms with Gasteiger partial charge in [0.1, 0.15) is 5.92 Å². The number of anilines is 1. The number of carbonyl (C=O) groups excluding carboxylic acids is 2. The maximum absolute atomic E-state index is 12.2. The largest absolute Gasteiger partial charge is 0.468 e. The quantitative estimate of drug-likeness (QED) is 0.631. The zero-order chi connectivity index (χ0) is 15.7. The molecule has 1 aliphatic heterocycles. The third-order valence-electron chi connectivity index (χ3n) is 4.08. The second kappa shape index (κ2) is 5.97. The minimum atomic E-state index is -0.647. The number of nitrogens with zero attached hydrogens (tertiary/aromatic N) is 1. The van der Waals surface area contributed by atoms with Gasteiger partial charge in [0, 0.05) is 17.6 Å². The number of ether oxygens (including phenoxy) is 1. The van der Waals surface area contributed by atoms with E-state index in [1.807, 2.05) is 41.3 Å². The highest BCUT2D eigenvalue weighted by atomic mass is 35.5. The SMILES string of the molecule is COC(=O)C1CCN(c2cccc3cccc(Cl)c23)CC1=O. The molecule has 0 spiro atoms. The summed E-state index contributed by atoms with van der Waals surface area (Å²) in [6, 6.07) is 11.6. The molecule has 3 rings (SSSR count). The van der Waals surface area contributed by atoms with Crippen LogP contribution in [-0.2, 0) is 14.3 Å². The van der Waals surface area contributed by atoms with Crippen molar-refractivity contribution in [2.45, 2.75) is 6.42 Å². The molecule has 4 nitrogen and oxygen atoms in total. The molecule has 0 saturated carbocycles. The van der Waals surface area contributed by atoms with Crippen molar-refractivity contribution in [3.05, 3.63) is 41.4 Å². The molecule has 22 heavy (non-hydrogen) atoms. The van der Waals surface area contributed by atoms with Gasteiger partial charge in [-0.2, -0.15) is 0 Å². The van der Waals surface area contributed by atoms with Crippen molar-refractivity contribution >= 4 is 39.8 Å². The van der Waals surface area contributed by atoms with Crippen molar-refractivity contribution in [3.8, 4) is 0 Å². The molecule has 0 aromatic heterocycles. The normalized spacial score (nSPS) is 18.5. The molecule has 0 amide bonds. The lowest BCUT2D eigenvalue weighted by Crippen LogP contribution is -2.44. The minimum absolute atomic E-state index is 0.109. The molecule has 1 aliphatic rings.